The molecule has 1 unspecified atom stereocenters. The molecule has 5 nitrogen and oxygen atoms in total. The highest BCUT2D eigenvalue weighted by molar-refractivity contribution is 5.96. The van der Waals surface area contributed by atoms with Crippen LogP contribution in [0.1, 0.15) is 0 Å². The number of rotatable bonds is 4. The molecule has 0 saturated carbocycles. The van der Waals surface area contributed by atoms with Crippen molar-refractivity contribution in [3.63, 3.8) is 0 Å². The Morgan fingerprint density at radius 1 is 0.952 bits per heavy atom. The number of hydrogen-bond donors (Lipinski definition) is 0. The van der Waals surface area contributed by atoms with E-state index in [4.69, 9.17) is 9.68 Å². The molecule has 0 N–H and O–H groups in total. The van der Waals surface area contributed by atoms with Gasteiger partial charge in [-0.15, -0.1) is 5.06 Å². The van der Waals surface area contributed by atoms with E-state index in [9.17, 15) is 4.79 Å². The quantitative estimate of drug-likeness (QED) is 0.639. The van der Waals surface area contributed by atoms with Crippen LogP contribution in [0.5, 0.6) is 0 Å². The van der Waals surface area contributed by atoms with Crippen LogP contribution >= 0.6 is 0 Å². The van der Waals surface area contributed by atoms with Crippen molar-refractivity contribution >= 4 is 17.4 Å². The monoisotopic (exact) mass is 287 g/mol. The minimum Gasteiger partial charge on any atom is -0.265 e. The van der Waals surface area contributed by atoms with Crippen molar-refractivity contribution in [1.29, 1.82) is 0 Å². The Balaban J connectivity index is 2.39. The Morgan fingerprint density at radius 3 is 1.95 bits per heavy atom. The third-order valence-corrected chi connectivity index (χ3v) is 3.33. The van der Waals surface area contributed by atoms with Crippen molar-refractivity contribution in [3.8, 4) is 0 Å². The fourth-order valence-corrected chi connectivity index (χ4v) is 2.04. The second-order valence-corrected chi connectivity index (χ2v) is 4.54. The maximum atomic E-state index is 12.9. The Hall–Kier alpha value is -2.21. The topological polar surface area (TPSA) is 38.8 Å². The van der Waals surface area contributed by atoms with Gasteiger partial charge in [0.2, 0.25) is 0 Å². The van der Waals surface area contributed by atoms with Crippen LogP contribution in [-0.4, -0.2) is 27.3 Å². The fraction of sp³-hybridized carbons (Fsp3) is 0.188. The first kappa shape index (κ1) is 15.2. The number of carbonyl (C=O) groups is 1. The van der Waals surface area contributed by atoms with Crippen LogP contribution in [0.25, 0.3) is 0 Å². The SMILES string of the molecule is CON(C(=O)[N+](C)(OC)c1ccccc1)c1ccccc1. The molecule has 0 aromatic heterocycles. The largest absolute Gasteiger partial charge is 0.485 e. The predicted molar refractivity (Wildman–Crippen MR) is 82.5 cm³/mol. The van der Waals surface area contributed by atoms with Gasteiger partial charge in [0.25, 0.3) is 0 Å². The number of anilines is 1. The number of carbonyl (C=O) groups excluding carboxylic acids is 1. The average molecular weight is 287 g/mol. The number of quaternary nitrogens is 1. The molecule has 0 aliphatic heterocycles. The van der Waals surface area contributed by atoms with Gasteiger partial charge < -0.3 is 0 Å². The normalized spacial score (nSPS) is 13.5. The molecule has 0 bridgehead atoms. The zero-order chi connectivity index (χ0) is 15.3. The van der Waals surface area contributed by atoms with E-state index in [2.05, 4.69) is 0 Å². The van der Waals surface area contributed by atoms with E-state index in [0.717, 1.165) is 0 Å². The van der Waals surface area contributed by atoms with Crippen molar-refractivity contribution in [1.82, 2.24) is 4.65 Å². The van der Waals surface area contributed by atoms with Gasteiger partial charge in [-0.3, -0.25) is 4.84 Å². The van der Waals surface area contributed by atoms with Crippen LogP contribution in [0.3, 0.4) is 0 Å². The number of hydrogen-bond acceptors (Lipinski definition) is 3. The molecule has 2 aromatic rings. The highest BCUT2D eigenvalue weighted by Crippen LogP contribution is 2.25. The lowest BCUT2D eigenvalue weighted by Crippen LogP contribution is -2.56. The van der Waals surface area contributed by atoms with Gasteiger partial charge in [0.05, 0.1) is 19.9 Å². The highest BCUT2D eigenvalue weighted by atomic mass is 16.7. The molecule has 0 fully saturated rings. The number of amides is 2. The minimum absolute atomic E-state index is 0.350. The van der Waals surface area contributed by atoms with Crippen molar-refractivity contribution in [2.24, 2.45) is 0 Å². The summed E-state index contributed by atoms with van der Waals surface area (Å²) in [6, 6.07) is 18.1. The zero-order valence-electron chi connectivity index (χ0n) is 12.4. The maximum absolute atomic E-state index is 12.9. The van der Waals surface area contributed by atoms with Gasteiger partial charge in [-0.1, -0.05) is 41.0 Å². The summed E-state index contributed by atoms with van der Waals surface area (Å²) in [5, 5.41) is 1.22. The molecule has 0 spiro atoms. The Kier molecular flexibility index (Phi) is 4.70. The van der Waals surface area contributed by atoms with Gasteiger partial charge in [0.15, 0.2) is 5.69 Å². The molecule has 110 valence electrons. The van der Waals surface area contributed by atoms with Crippen LogP contribution in [0, 0.1) is 0 Å². The Labute approximate surface area is 124 Å². The summed E-state index contributed by atoms with van der Waals surface area (Å²) in [6.07, 6.45) is 0. The minimum atomic E-state index is -0.358. The molecule has 0 aliphatic rings. The summed E-state index contributed by atoms with van der Waals surface area (Å²) >= 11 is 0. The van der Waals surface area contributed by atoms with Gasteiger partial charge in [-0.25, -0.2) is 4.79 Å². The lowest BCUT2D eigenvalue weighted by atomic mass is 10.3. The first-order valence-corrected chi connectivity index (χ1v) is 6.55. The molecule has 2 aromatic carbocycles. The van der Waals surface area contributed by atoms with Gasteiger partial charge in [-0.05, 0) is 12.1 Å². The number of para-hydroxylation sites is 2. The molecular formula is C16H19N2O3+. The van der Waals surface area contributed by atoms with Crippen LogP contribution < -0.4 is 9.71 Å². The smallest absolute Gasteiger partial charge is 0.265 e. The van der Waals surface area contributed by atoms with E-state index >= 15 is 0 Å². The van der Waals surface area contributed by atoms with Crippen molar-refractivity contribution in [2.45, 2.75) is 0 Å². The Bertz CT molecular complexity index is 589. The molecule has 2 rings (SSSR count). The first-order chi connectivity index (χ1) is 10.1. The first-order valence-electron chi connectivity index (χ1n) is 6.55. The van der Waals surface area contributed by atoms with E-state index in [1.165, 1.54) is 19.3 Å². The lowest BCUT2D eigenvalue weighted by molar-refractivity contribution is -0.0619. The second kappa shape index (κ2) is 6.49. The summed E-state index contributed by atoms with van der Waals surface area (Å²) in [7, 11) is 4.62. The molecular weight excluding hydrogens is 268 g/mol. The van der Waals surface area contributed by atoms with Crippen LogP contribution in [0.2, 0.25) is 0 Å². The average Bonchev–Trinajstić information content (AvgIpc) is 2.56. The van der Waals surface area contributed by atoms with E-state index in [-0.39, 0.29) is 10.7 Å². The number of nitrogens with zero attached hydrogens (tertiary/aromatic N) is 2. The van der Waals surface area contributed by atoms with Crippen molar-refractivity contribution in [3.05, 3.63) is 60.7 Å². The number of hydroxylamine groups is 3. The van der Waals surface area contributed by atoms with Crippen LogP contribution in [0.4, 0.5) is 16.2 Å². The molecule has 2 amide bonds. The van der Waals surface area contributed by atoms with Gasteiger partial charge >= 0.3 is 6.03 Å². The fourth-order valence-electron chi connectivity index (χ4n) is 2.04. The van der Waals surface area contributed by atoms with Gasteiger partial charge in [-0.2, -0.15) is 4.84 Å². The standard InChI is InChI=1S/C16H19N2O3/c1-18(21-3,15-12-8-5-9-13-15)16(19)17(20-2)14-10-6-4-7-11-14/h4-13H,1-3H3/q+1. The predicted octanol–water partition coefficient (Wildman–Crippen LogP) is 3.37. The molecule has 0 saturated heterocycles. The van der Waals surface area contributed by atoms with E-state index < -0.39 is 0 Å². The summed E-state index contributed by atoms with van der Waals surface area (Å²) in [5.74, 6) is 0. The summed E-state index contributed by atoms with van der Waals surface area (Å²) in [5.41, 5.74) is 1.35. The van der Waals surface area contributed by atoms with Crippen molar-refractivity contribution in [2.75, 3.05) is 26.3 Å². The van der Waals surface area contributed by atoms with Crippen LogP contribution in [-0.2, 0) is 9.68 Å². The maximum Gasteiger partial charge on any atom is 0.485 e. The molecule has 1 atom stereocenters. The highest BCUT2D eigenvalue weighted by Gasteiger charge is 2.41. The second-order valence-electron chi connectivity index (χ2n) is 4.54. The third-order valence-electron chi connectivity index (χ3n) is 3.33. The summed E-state index contributed by atoms with van der Waals surface area (Å²) in [4.78, 5) is 23.6. The lowest BCUT2D eigenvalue weighted by Gasteiger charge is -2.30. The molecule has 0 heterocycles. The number of benzene rings is 2. The summed E-state index contributed by atoms with van der Waals surface area (Å²) in [6.45, 7) is 0. The van der Waals surface area contributed by atoms with E-state index in [1.54, 1.807) is 19.2 Å². The molecule has 21 heavy (non-hydrogen) atoms. The molecule has 0 aliphatic carbocycles. The van der Waals surface area contributed by atoms with Crippen molar-refractivity contribution < 1.29 is 14.5 Å². The molecule has 0 radical (unpaired) electrons. The van der Waals surface area contributed by atoms with E-state index in [1.807, 2.05) is 48.5 Å². The summed E-state index contributed by atoms with van der Waals surface area (Å²) < 4.78 is -0.358. The zero-order valence-corrected chi connectivity index (χ0v) is 12.4. The molecule has 5 heteroatoms. The van der Waals surface area contributed by atoms with Gasteiger partial charge in [0.1, 0.15) is 7.05 Å². The Morgan fingerprint density at radius 2 is 1.48 bits per heavy atom. The van der Waals surface area contributed by atoms with Gasteiger partial charge in [0, 0.05) is 12.1 Å². The van der Waals surface area contributed by atoms with Crippen LogP contribution in [0.15, 0.2) is 60.7 Å². The third kappa shape index (κ3) is 2.95. The number of urea groups is 1. The van der Waals surface area contributed by atoms with E-state index in [0.29, 0.717) is 11.4 Å².